The van der Waals surface area contributed by atoms with Crippen molar-refractivity contribution in [3.63, 3.8) is 0 Å². The van der Waals surface area contributed by atoms with Crippen molar-refractivity contribution in [2.75, 3.05) is 6.54 Å². The zero-order chi connectivity index (χ0) is 12.9. The molecule has 0 spiro atoms. The smallest absolute Gasteiger partial charge is 0.156 e. The Balaban J connectivity index is 2.67. The molecule has 2 nitrogen and oxygen atoms in total. The number of carbonyl (C=O) groups excluding carboxylic acids is 1. The lowest BCUT2D eigenvalue weighted by Crippen LogP contribution is -2.47. The van der Waals surface area contributed by atoms with Gasteiger partial charge in [0.1, 0.15) is 0 Å². The molecular weight excluding hydrogens is 210 g/mol. The predicted molar refractivity (Wildman–Crippen MR) is 72.3 cm³/mol. The summed E-state index contributed by atoms with van der Waals surface area (Å²) in [6.45, 7) is 8.85. The van der Waals surface area contributed by atoms with Gasteiger partial charge in [-0.3, -0.25) is 4.79 Å². The molecule has 0 aliphatic rings. The lowest BCUT2D eigenvalue weighted by atomic mass is 9.93. The van der Waals surface area contributed by atoms with Crippen LogP contribution in [0.3, 0.4) is 0 Å². The van der Waals surface area contributed by atoms with Gasteiger partial charge in [-0.25, -0.2) is 0 Å². The summed E-state index contributed by atoms with van der Waals surface area (Å²) in [5, 5.41) is 3.21. The molecule has 0 radical (unpaired) electrons. The van der Waals surface area contributed by atoms with Gasteiger partial charge in [-0.1, -0.05) is 38.1 Å². The van der Waals surface area contributed by atoms with Gasteiger partial charge in [0, 0.05) is 6.42 Å². The summed E-state index contributed by atoms with van der Waals surface area (Å²) in [6.07, 6.45) is 1.54. The van der Waals surface area contributed by atoms with Gasteiger partial charge < -0.3 is 5.32 Å². The van der Waals surface area contributed by atoms with Gasteiger partial charge in [-0.2, -0.15) is 0 Å². The van der Waals surface area contributed by atoms with Crippen LogP contribution < -0.4 is 5.32 Å². The molecule has 0 aliphatic carbocycles. The Kier molecular flexibility index (Phi) is 4.88. The van der Waals surface area contributed by atoms with Crippen LogP contribution in [0.2, 0.25) is 0 Å². The van der Waals surface area contributed by atoms with Crippen LogP contribution in [0.5, 0.6) is 0 Å². The zero-order valence-electron chi connectivity index (χ0n) is 11.3. The van der Waals surface area contributed by atoms with Crippen molar-refractivity contribution < 1.29 is 4.79 Å². The molecule has 0 aliphatic heterocycles. The minimum Gasteiger partial charge on any atom is -0.306 e. The molecule has 1 aromatic carbocycles. The monoisotopic (exact) mass is 233 g/mol. The lowest BCUT2D eigenvalue weighted by molar-refractivity contribution is -0.123. The number of likely N-dealkylation sites (N-methyl/N-ethyl adjacent to an activating group) is 1. The highest BCUT2D eigenvalue weighted by Gasteiger charge is 2.25. The highest BCUT2D eigenvalue weighted by atomic mass is 16.1. The average molecular weight is 233 g/mol. The summed E-state index contributed by atoms with van der Waals surface area (Å²) in [7, 11) is 0. The Labute approximate surface area is 104 Å². The van der Waals surface area contributed by atoms with Crippen LogP contribution in [0, 0.1) is 0 Å². The van der Waals surface area contributed by atoms with Gasteiger partial charge in [0.25, 0.3) is 0 Å². The minimum absolute atomic E-state index is 0.239. The van der Waals surface area contributed by atoms with Gasteiger partial charge in [-0.15, -0.1) is 0 Å². The Hall–Kier alpha value is -1.15. The molecule has 0 heterocycles. The van der Waals surface area contributed by atoms with E-state index in [-0.39, 0.29) is 5.78 Å². The Morgan fingerprint density at radius 1 is 1.12 bits per heavy atom. The molecule has 0 amide bonds. The van der Waals surface area contributed by atoms with E-state index in [4.69, 9.17) is 0 Å². The van der Waals surface area contributed by atoms with Crippen LogP contribution in [-0.4, -0.2) is 17.9 Å². The number of ketones is 1. The predicted octanol–water partition coefficient (Wildman–Crippen LogP) is 2.75. The third-order valence-corrected chi connectivity index (χ3v) is 3.11. The largest absolute Gasteiger partial charge is 0.306 e. The number of aryl methyl sites for hydroxylation is 1. The van der Waals surface area contributed by atoms with Gasteiger partial charge in [-0.05, 0) is 37.9 Å². The van der Waals surface area contributed by atoms with Crippen molar-refractivity contribution in [3.8, 4) is 0 Å². The van der Waals surface area contributed by atoms with Crippen molar-refractivity contribution in [1.82, 2.24) is 5.32 Å². The summed E-state index contributed by atoms with van der Waals surface area (Å²) < 4.78 is 0. The molecule has 17 heavy (non-hydrogen) atoms. The second-order valence-electron chi connectivity index (χ2n) is 4.93. The first-order chi connectivity index (χ1) is 7.99. The first-order valence-corrected chi connectivity index (χ1v) is 6.35. The molecule has 0 saturated carbocycles. The fourth-order valence-corrected chi connectivity index (χ4v) is 1.84. The summed E-state index contributed by atoms with van der Waals surface area (Å²) in [5.74, 6) is 0.239. The summed E-state index contributed by atoms with van der Waals surface area (Å²) in [4.78, 5) is 12.1. The van der Waals surface area contributed by atoms with E-state index in [1.807, 2.05) is 20.8 Å². The van der Waals surface area contributed by atoms with Gasteiger partial charge in [0.05, 0.1) is 5.54 Å². The molecule has 94 valence electrons. The molecule has 1 aromatic rings. The van der Waals surface area contributed by atoms with Crippen LogP contribution in [0.1, 0.15) is 38.8 Å². The number of hydrogen-bond donors (Lipinski definition) is 1. The van der Waals surface area contributed by atoms with E-state index in [0.717, 1.165) is 18.5 Å². The number of rotatable bonds is 6. The first-order valence-electron chi connectivity index (χ1n) is 6.35. The van der Waals surface area contributed by atoms with E-state index in [1.54, 1.807) is 0 Å². The van der Waals surface area contributed by atoms with Gasteiger partial charge in [0.2, 0.25) is 0 Å². The molecule has 0 fully saturated rings. The van der Waals surface area contributed by atoms with Crippen LogP contribution in [0.4, 0.5) is 0 Å². The van der Waals surface area contributed by atoms with E-state index in [1.165, 1.54) is 5.56 Å². The molecule has 0 bridgehead atoms. The Morgan fingerprint density at radius 3 is 2.12 bits per heavy atom. The molecule has 2 heteroatoms. The maximum absolute atomic E-state index is 12.1. The van der Waals surface area contributed by atoms with Crippen molar-refractivity contribution >= 4 is 5.78 Å². The van der Waals surface area contributed by atoms with Crippen molar-refractivity contribution in [1.29, 1.82) is 0 Å². The first kappa shape index (κ1) is 13.9. The third kappa shape index (κ3) is 3.97. The van der Waals surface area contributed by atoms with E-state index in [0.29, 0.717) is 6.42 Å². The highest BCUT2D eigenvalue weighted by Crippen LogP contribution is 2.11. The van der Waals surface area contributed by atoms with Gasteiger partial charge >= 0.3 is 0 Å². The molecule has 1 N–H and O–H groups in total. The fraction of sp³-hybridized carbons (Fsp3) is 0.533. The second-order valence-corrected chi connectivity index (χ2v) is 4.93. The average Bonchev–Trinajstić information content (AvgIpc) is 2.30. The van der Waals surface area contributed by atoms with Crippen LogP contribution in [0.25, 0.3) is 0 Å². The van der Waals surface area contributed by atoms with E-state index in [2.05, 4.69) is 36.5 Å². The maximum Gasteiger partial charge on any atom is 0.156 e. The van der Waals surface area contributed by atoms with Crippen LogP contribution >= 0.6 is 0 Å². The lowest BCUT2D eigenvalue weighted by Gasteiger charge is -2.24. The number of benzene rings is 1. The second kappa shape index (κ2) is 5.97. The molecule has 0 unspecified atom stereocenters. The number of hydrogen-bond acceptors (Lipinski definition) is 2. The molecule has 0 aromatic heterocycles. The molecular formula is C15H23NO. The molecule has 0 atom stereocenters. The van der Waals surface area contributed by atoms with E-state index in [9.17, 15) is 4.79 Å². The van der Waals surface area contributed by atoms with Crippen LogP contribution in [-0.2, 0) is 17.6 Å². The number of nitrogens with one attached hydrogen (secondary N) is 1. The van der Waals surface area contributed by atoms with Crippen LogP contribution in [0.15, 0.2) is 24.3 Å². The molecule has 1 rings (SSSR count). The van der Waals surface area contributed by atoms with Gasteiger partial charge in [0.15, 0.2) is 5.78 Å². The zero-order valence-corrected chi connectivity index (χ0v) is 11.3. The normalized spacial score (nSPS) is 11.5. The Morgan fingerprint density at radius 2 is 1.65 bits per heavy atom. The fourth-order valence-electron chi connectivity index (χ4n) is 1.84. The van der Waals surface area contributed by atoms with E-state index >= 15 is 0 Å². The SMILES string of the molecule is CCNC(C)(C)C(=O)Cc1ccc(CC)cc1. The number of Topliss-reactive ketones (excluding diaryl/α,β-unsaturated/α-hetero) is 1. The topological polar surface area (TPSA) is 29.1 Å². The van der Waals surface area contributed by atoms with Crippen molar-refractivity contribution in [3.05, 3.63) is 35.4 Å². The molecule has 0 saturated heterocycles. The quantitative estimate of drug-likeness (QED) is 0.818. The summed E-state index contributed by atoms with van der Waals surface area (Å²) in [6, 6.07) is 8.31. The van der Waals surface area contributed by atoms with Crippen molar-refractivity contribution in [2.24, 2.45) is 0 Å². The number of carbonyl (C=O) groups is 1. The summed E-state index contributed by atoms with van der Waals surface area (Å²) in [5.41, 5.74) is 1.98. The third-order valence-electron chi connectivity index (χ3n) is 3.11. The summed E-state index contributed by atoms with van der Waals surface area (Å²) >= 11 is 0. The minimum atomic E-state index is -0.432. The highest BCUT2D eigenvalue weighted by molar-refractivity contribution is 5.89. The standard InChI is InChI=1S/C15H23NO/c1-5-12-7-9-13(10-8-12)11-14(17)15(3,4)16-6-2/h7-10,16H,5-6,11H2,1-4H3. The Bertz CT molecular complexity index is 365. The van der Waals surface area contributed by atoms with E-state index < -0.39 is 5.54 Å². The van der Waals surface area contributed by atoms with Crippen molar-refractivity contribution in [2.45, 2.75) is 46.1 Å². The maximum atomic E-state index is 12.1.